The van der Waals surface area contributed by atoms with Crippen LogP contribution in [-0.4, -0.2) is 45.0 Å². The lowest BCUT2D eigenvalue weighted by atomic mass is 10.2. The molecule has 2 N–H and O–H groups in total. The van der Waals surface area contributed by atoms with Crippen molar-refractivity contribution >= 4 is 23.2 Å². The number of nitrogens with zero attached hydrogens (tertiary/aromatic N) is 5. The van der Waals surface area contributed by atoms with Crippen molar-refractivity contribution in [2.45, 2.75) is 18.6 Å². The van der Waals surface area contributed by atoms with Gasteiger partial charge in [0.25, 0.3) is 0 Å². The van der Waals surface area contributed by atoms with Gasteiger partial charge in [0.1, 0.15) is 12.1 Å². The van der Waals surface area contributed by atoms with Crippen LogP contribution in [0.5, 0.6) is 0 Å². The zero-order valence-electron chi connectivity index (χ0n) is 14.5. The van der Waals surface area contributed by atoms with Crippen molar-refractivity contribution in [1.82, 2.24) is 25.1 Å². The van der Waals surface area contributed by atoms with E-state index in [1.165, 1.54) is 18.5 Å². The molecule has 0 bridgehead atoms. The van der Waals surface area contributed by atoms with E-state index in [2.05, 4.69) is 25.9 Å². The molecule has 1 atom stereocenters. The molecule has 28 heavy (non-hydrogen) atoms. The zero-order chi connectivity index (χ0) is 19.7. The largest absolute Gasteiger partial charge is 0.416 e. The van der Waals surface area contributed by atoms with E-state index in [1.807, 2.05) is 11.0 Å². The maximum atomic E-state index is 12.8. The first kappa shape index (κ1) is 18.0. The molecule has 0 saturated carbocycles. The van der Waals surface area contributed by atoms with E-state index in [0.29, 0.717) is 25.2 Å². The predicted octanol–water partition coefficient (Wildman–Crippen LogP) is 2.54. The molecular weight excluding hydrogens is 375 g/mol. The highest BCUT2D eigenvalue weighted by Gasteiger charge is 2.30. The van der Waals surface area contributed by atoms with Gasteiger partial charge in [0.2, 0.25) is 0 Å². The number of urea groups is 1. The van der Waals surface area contributed by atoms with Gasteiger partial charge in [0, 0.05) is 24.8 Å². The SMILES string of the molecule is O=C(Nc1cccc(C(F)(F)F)c1)N[C@@H]1CCN(c2ccc3nncn3n2)C1. The van der Waals surface area contributed by atoms with E-state index in [1.54, 1.807) is 10.6 Å². The van der Waals surface area contributed by atoms with Crippen LogP contribution in [0.15, 0.2) is 42.7 Å². The molecule has 2 amide bonds. The lowest BCUT2D eigenvalue weighted by Crippen LogP contribution is -2.39. The van der Waals surface area contributed by atoms with E-state index in [0.717, 1.165) is 18.0 Å². The van der Waals surface area contributed by atoms with E-state index >= 15 is 0 Å². The Hall–Kier alpha value is -3.37. The summed E-state index contributed by atoms with van der Waals surface area (Å²) in [6.07, 6.45) is -2.26. The molecular formula is C17H16F3N7O. The Morgan fingerprint density at radius 1 is 1.21 bits per heavy atom. The van der Waals surface area contributed by atoms with Crippen LogP contribution in [-0.2, 0) is 6.18 Å². The minimum absolute atomic E-state index is 0.0851. The molecule has 8 nitrogen and oxygen atoms in total. The Balaban J connectivity index is 1.35. The van der Waals surface area contributed by atoms with Gasteiger partial charge in [-0.1, -0.05) is 6.07 Å². The van der Waals surface area contributed by atoms with Crippen molar-refractivity contribution in [3.05, 3.63) is 48.3 Å². The van der Waals surface area contributed by atoms with Crippen molar-refractivity contribution in [3.63, 3.8) is 0 Å². The minimum Gasteiger partial charge on any atom is -0.353 e. The van der Waals surface area contributed by atoms with Crippen LogP contribution in [0.2, 0.25) is 0 Å². The van der Waals surface area contributed by atoms with Gasteiger partial charge in [-0.25, -0.2) is 4.79 Å². The number of hydrogen-bond acceptors (Lipinski definition) is 5. The van der Waals surface area contributed by atoms with Gasteiger partial charge in [-0.2, -0.15) is 17.7 Å². The molecule has 1 aliphatic rings. The quantitative estimate of drug-likeness (QED) is 0.717. The smallest absolute Gasteiger partial charge is 0.353 e. The van der Waals surface area contributed by atoms with E-state index in [-0.39, 0.29) is 11.7 Å². The summed E-state index contributed by atoms with van der Waals surface area (Å²) in [7, 11) is 0. The summed E-state index contributed by atoms with van der Waals surface area (Å²) in [6.45, 7) is 1.23. The number of halogens is 3. The summed E-state index contributed by atoms with van der Waals surface area (Å²) in [5, 5.41) is 17.3. The zero-order valence-corrected chi connectivity index (χ0v) is 14.5. The van der Waals surface area contributed by atoms with Crippen molar-refractivity contribution in [2.24, 2.45) is 0 Å². The number of hydrogen-bond donors (Lipinski definition) is 2. The first-order valence-corrected chi connectivity index (χ1v) is 8.55. The van der Waals surface area contributed by atoms with Crippen LogP contribution in [0.4, 0.5) is 29.5 Å². The van der Waals surface area contributed by atoms with E-state index in [4.69, 9.17) is 0 Å². The minimum atomic E-state index is -4.46. The van der Waals surface area contributed by atoms with Crippen LogP contribution in [0.1, 0.15) is 12.0 Å². The Morgan fingerprint density at radius 2 is 2.07 bits per heavy atom. The number of aromatic nitrogens is 4. The molecule has 0 unspecified atom stereocenters. The fourth-order valence-electron chi connectivity index (χ4n) is 3.10. The average molecular weight is 391 g/mol. The maximum absolute atomic E-state index is 12.8. The van der Waals surface area contributed by atoms with Gasteiger partial charge in [0.05, 0.1) is 5.56 Å². The van der Waals surface area contributed by atoms with Crippen molar-refractivity contribution in [2.75, 3.05) is 23.3 Å². The maximum Gasteiger partial charge on any atom is 0.416 e. The molecule has 4 rings (SSSR count). The number of benzene rings is 1. The molecule has 3 aromatic rings. The highest BCUT2D eigenvalue weighted by atomic mass is 19.4. The summed E-state index contributed by atoms with van der Waals surface area (Å²) in [4.78, 5) is 14.2. The number of carbonyl (C=O) groups is 1. The Labute approximate surface area is 157 Å². The first-order chi connectivity index (χ1) is 13.4. The monoisotopic (exact) mass is 391 g/mol. The second-order valence-electron chi connectivity index (χ2n) is 6.43. The van der Waals surface area contributed by atoms with Crippen molar-refractivity contribution in [1.29, 1.82) is 0 Å². The first-order valence-electron chi connectivity index (χ1n) is 8.55. The van der Waals surface area contributed by atoms with E-state index < -0.39 is 17.8 Å². The number of amides is 2. The summed E-state index contributed by atoms with van der Waals surface area (Å²) >= 11 is 0. The predicted molar refractivity (Wildman–Crippen MR) is 95.0 cm³/mol. The van der Waals surface area contributed by atoms with Crippen LogP contribution in [0.3, 0.4) is 0 Å². The fraction of sp³-hybridized carbons (Fsp3) is 0.294. The third-order valence-electron chi connectivity index (χ3n) is 4.44. The van der Waals surface area contributed by atoms with Gasteiger partial charge < -0.3 is 15.5 Å². The van der Waals surface area contributed by atoms with Crippen molar-refractivity contribution < 1.29 is 18.0 Å². The number of alkyl halides is 3. The molecule has 2 aromatic heterocycles. The van der Waals surface area contributed by atoms with Gasteiger partial charge in [0.15, 0.2) is 5.65 Å². The topological polar surface area (TPSA) is 87.5 Å². The Morgan fingerprint density at radius 3 is 2.89 bits per heavy atom. The molecule has 1 aromatic carbocycles. The molecule has 146 valence electrons. The standard InChI is InChI=1S/C17H16F3N7O/c18-17(19,20)11-2-1-3-12(8-11)22-16(28)23-13-6-7-26(9-13)15-5-4-14-24-21-10-27(14)25-15/h1-5,8,10,13H,6-7,9H2,(H2,22,23,28)/t13-/m1/s1. The number of fused-ring (bicyclic) bond motifs is 1. The van der Waals surface area contributed by atoms with Crippen LogP contribution < -0.4 is 15.5 Å². The average Bonchev–Trinajstić information content (AvgIpc) is 3.29. The third kappa shape index (κ3) is 3.82. The highest BCUT2D eigenvalue weighted by molar-refractivity contribution is 5.89. The molecule has 0 radical (unpaired) electrons. The number of anilines is 2. The van der Waals surface area contributed by atoms with Crippen LogP contribution >= 0.6 is 0 Å². The molecule has 1 aliphatic heterocycles. The molecule has 1 fully saturated rings. The Kier molecular flexibility index (Phi) is 4.49. The van der Waals surface area contributed by atoms with Gasteiger partial charge >= 0.3 is 12.2 Å². The normalized spacial score (nSPS) is 17.1. The molecule has 11 heteroatoms. The molecule has 0 spiro atoms. The van der Waals surface area contributed by atoms with E-state index in [9.17, 15) is 18.0 Å². The van der Waals surface area contributed by atoms with Gasteiger partial charge in [-0.05, 0) is 36.8 Å². The second-order valence-corrected chi connectivity index (χ2v) is 6.43. The summed E-state index contributed by atoms with van der Waals surface area (Å²) in [5.74, 6) is 0.731. The van der Waals surface area contributed by atoms with Gasteiger partial charge in [-0.15, -0.1) is 15.3 Å². The van der Waals surface area contributed by atoms with Gasteiger partial charge in [-0.3, -0.25) is 0 Å². The lowest BCUT2D eigenvalue weighted by molar-refractivity contribution is -0.137. The summed E-state index contributed by atoms with van der Waals surface area (Å²) in [6, 6.07) is 7.45. The summed E-state index contributed by atoms with van der Waals surface area (Å²) < 4.78 is 39.9. The van der Waals surface area contributed by atoms with Crippen molar-refractivity contribution in [3.8, 4) is 0 Å². The fourth-order valence-corrected chi connectivity index (χ4v) is 3.10. The molecule has 3 heterocycles. The van der Waals surface area contributed by atoms with Crippen LogP contribution in [0.25, 0.3) is 5.65 Å². The Bertz CT molecular complexity index is 1000. The third-order valence-corrected chi connectivity index (χ3v) is 4.44. The number of rotatable bonds is 3. The summed E-state index contributed by atoms with van der Waals surface area (Å²) in [5.41, 5.74) is -0.0900. The second kappa shape index (κ2) is 6.98. The number of nitrogens with one attached hydrogen (secondary N) is 2. The lowest BCUT2D eigenvalue weighted by Gasteiger charge is -2.18. The highest BCUT2D eigenvalue weighted by Crippen LogP contribution is 2.30. The molecule has 1 saturated heterocycles. The van der Waals surface area contributed by atoms with Crippen LogP contribution in [0, 0.1) is 0 Å². The molecule has 0 aliphatic carbocycles. The number of carbonyl (C=O) groups excluding carboxylic acids is 1.